The fourth-order valence-electron chi connectivity index (χ4n) is 1.52. The van der Waals surface area contributed by atoms with E-state index in [1.54, 1.807) is 13.0 Å². The summed E-state index contributed by atoms with van der Waals surface area (Å²) in [4.78, 5) is 38.2. The normalized spacial score (nSPS) is 10.2. The standard InChI is InChI=1S/C12H11N3O4/c1-6-2-3-8(9(16)4-6)14-10(17)7-5-13-12(19)15-11(7)18/h2-5,16H,1H3,(H,14,17)(H2,13,15,18,19). The van der Waals surface area contributed by atoms with Crippen LogP contribution in [0.5, 0.6) is 5.75 Å². The molecule has 1 heterocycles. The van der Waals surface area contributed by atoms with E-state index in [4.69, 9.17) is 0 Å². The summed E-state index contributed by atoms with van der Waals surface area (Å²) in [5.74, 6) is -0.828. The van der Waals surface area contributed by atoms with Crippen LogP contribution in [0, 0.1) is 6.92 Å². The molecule has 19 heavy (non-hydrogen) atoms. The van der Waals surface area contributed by atoms with Gasteiger partial charge in [-0.1, -0.05) is 6.07 Å². The number of aromatic amines is 2. The first-order chi connectivity index (χ1) is 8.97. The Morgan fingerprint density at radius 1 is 1.32 bits per heavy atom. The minimum atomic E-state index is -0.798. The van der Waals surface area contributed by atoms with Gasteiger partial charge in [0.05, 0.1) is 5.69 Å². The maximum atomic E-state index is 11.8. The van der Waals surface area contributed by atoms with Crippen molar-refractivity contribution in [2.24, 2.45) is 0 Å². The van der Waals surface area contributed by atoms with E-state index in [2.05, 4.69) is 10.3 Å². The molecule has 98 valence electrons. The minimum Gasteiger partial charge on any atom is -0.506 e. The summed E-state index contributed by atoms with van der Waals surface area (Å²) in [6, 6.07) is 4.70. The molecule has 1 aromatic heterocycles. The van der Waals surface area contributed by atoms with Crippen molar-refractivity contribution >= 4 is 11.6 Å². The largest absolute Gasteiger partial charge is 0.506 e. The van der Waals surface area contributed by atoms with Crippen molar-refractivity contribution in [2.75, 3.05) is 5.32 Å². The fourth-order valence-corrected chi connectivity index (χ4v) is 1.52. The Labute approximate surface area is 106 Å². The monoisotopic (exact) mass is 261 g/mol. The number of aromatic nitrogens is 2. The van der Waals surface area contributed by atoms with Gasteiger partial charge in [-0.2, -0.15) is 0 Å². The molecule has 7 heteroatoms. The minimum absolute atomic E-state index is 0.103. The number of carbonyl (C=O) groups excluding carboxylic acids is 1. The molecule has 0 radical (unpaired) electrons. The molecule has 4 N–H and O–H groups in total. The average molecular weight is 261 g/mol. The first-order valence-corrected chi connectivity index (χ1v) is 5.40. The van der Waals surface area contributed by atoms with Gasteiger partial charge in [0.1, 0.15) is 11.3 Å². The highest BCUT2D eigenvalue weighted by molar-refractivity contribution is 6.04. The van der Waals surface area contributed by atoms with Gasteiger partial charge >= 0.3 is 5.69 Å². The zero-order valence-corrected chi connectivity index (χ0v) is 9.98. The Kier molecular flexibility index (Phi) is 3.19. The number of aromatic hydroxyl groups is 1. The summed E-state index contributed by atoms with van der Waals surface area (Å²) < 4.78 is 0. The lowest BCUT2D eigenvalue weighted by Gasteiger charge is -2.07. The van der Waals surface area contributed by atoms with E-state index in [9.17, 15) is 19.5 Å². The van der Waals surface area contributed by atoms with Crippen LogP contribution in [0.25, 0.3) is 0 Å². The van der Waals surface area contributed by atoms with E-state index in [0.717, 1.165) is 11.8 Å². The summed E-state index contributed by atoms with van der Waals surface area (Å²) >= 11 is 0. The summed E-state index contributed by atoms with van der Waals surface area (Å²) in [7, 11) is 0. The highest BCUT2D eigenvalue weighted by atomic mass is 16.3. The van der Waals surface area contributed by atoms with Crippen molar-refractivity contribution in [2.45, 2.75) is 6.92 Å². The lowest BCUT2D eigenvalue weighted by Crippen LogP contribution is -2.29. The summed E-state index contributed by atoms with van der Waals surface area (Å²) in [6.07, 6.45) is 1.02. The van der Waals surface area contributed by atoms with Crippen molar-refractivity contribution in [3.8, 4) is 5.75 Å². The Bertz CT molecular complexity index is 745. The second-order valence-corrected chi connectivity index (χ2v) is 3.96. The Balaban J connectivity index is 2.31. The predicted octanol–water partition coefficient (Wildman–Crippen LogP) is 0.330. The van der Waals surface area contributed by atoms with Crippen molar-refractivity contribution < 1.29 is 9.90 Å². The van der Waals surface area contributed by atoms with Crippen LogP contribution < -0.4 is 16.6 Å². The number of benzene rings is 1. The van der Waals surface area contributed by atoms with E-state index in [-0.39, 0.29) is 17.0 Å². The molecule has 0 fully saturated rings. The van der Waals surface area contributed by atoms with Crippen molar-refractivity contribution in [1.29, 1.82) is 0 Å². The number of nitrogens with one attached hydrogen (secondary N) is 3. The third-order valence-corrected chi connectivity index (χ3v) is 2.47. The number of carbonyl (C=O) groups is 1. The van der Waals surface area contributed by atoms with Crippen LogP contribution in [0.3, 0.4) is 0 Å². The molecule has 0 aliphatic rings. The maximum absolute atomic E-state index is 11.8. The maximum Gasteiger partial charge on any atom is 0.325 e. The van der Waals surface area contributed by atoms with Gasteiger partial charge in [0.25, 0.3) is 11.5 Å². The lowest BCUT2D eigenvalue weighted by molar-refractivity contribution is 0.102. The molecule has 0 atom stereocenters. The molecule has 1 aromatic carbocycles. The number of hydrogen-bond donors (Lipinski definition) is 4. The van der Waals surface area contributed by atoms with Crippen LogP contribution >= 0.6 is 0 Å². The van der Waals surface area contributed by atoms with Gasteiger partial charge in [0, 0.05) is 6.20 Å². The van der Waals surface area contributed by atoms with Crippen LogP contribution in [0.2, 0.25) is 0 Å². The number of amides is 1. The fraction of sp³-hybridized carbons (Fsp3) is 0.0833. The van der Waals surface area contributed by atoms with Crippen molar-refractivity contribution in [1.82, 2.24) is 9.97 Å². The first kappa shape index (κ1) is 12.6. The third-order valence-electron chi connectivity index (χ3n) is 2.47. The number of rotatable bonds is 2. The zero-order chi connectivity index (χ0) is 14.0. The number of hydrogen-bond acceptors (Lipinski definition) is 4. The predicted molar refractivity (Wildman–Crippen MR) is 68.5 cm³/mol. The van der Waals surface area contributed by atoms with Crippen LogP contribution in [-0.2, 0) is 0 Å². The van der Waals surface area contributed by atoms with Gasteiger partial charge in [0.2, 0.25) is 0 Å². The second-order valence-electron chi connectivity index (χ2n) is 3.96. The van der Waals surface area contributed by atoms with E-state index in [0.29, 0.717) is 0 Å². The van der Waals surface area contributed by atoms with E-state index in [1.165, 1.54) is 12.1 Å². The number of H-pyrrole nitrogens is 2. The molecule has 7 nitrogen and oxygen atoms in total. The van der Waals surface area contributed by atoms with Crippen molar-refractivity contribution in [3.05, 3.63) is 56.4 Å². The molecular formula is C12H11N3O4. The smallest absolute Gasteiger partial charge is 0.325 e. The van der Waals surface area contributed by atoms with Crippen LogP contribution in [-0.4, -0.2) is 21.0 Å². The Morgan fingerprint density at radius 2 is 2.05 bits per heavy atom. The van der Waals surface area contributed by atoms with Crippen LogP contribution in [0.15, 0.2) is 34.0 Å². The van der Waals surface area contributed by atoms with Crippen LogP contribution in [0.4, 0.5) is 5.69 Å². The summed E-state index contributed by atoms with van der Waals surface area (Å²) in [5.41, 5.74) is -0.731. The molecule has 0 saturated heterocycles. The molecule has 2 rings (SSSR count). The van der Waals surface area contributed by atoms with Crippen LogP contribution in [0.1, 0.15) is 15.9 Å². The molecular weight excluding hydrogens is 250 g/mol. The third kappa shape index (κ3) is 2.71. The number of phenols is 1. The second kappa shape index (κ2) is 4.81. The van der Waals surface area contributed by atoms with Gasteiger partial charge in [-0.15, -0.1) is 0 Å². The van der Waals surface area contributed by atoms with Gasteiger partial charge in [-0.05, 0) is 24.6 Å². The molecule has 0 aliphatic heterocycles. The van der Waals surface area contributed by atoms with Gasteiger partial charge in [-0.3, -0.25) is 14.6 Å². The quantitative estimate of drug-likeness (QED) is 0.583. The van der Waals surface area contributed by atoms with Gasteiger partial charge in [-0.25, -0.2) is 4.79 Å². The van der Waals surface area contributed by atoms with E-state index >= 15 is 0 Å². The van der Waals surface area contributed by atoms with Crippen molar-refractivity contribution in [3.63, 3.8) is 0 Å². The molecule has 0 unspecified atom stereocenters. The molecule has 0 aliphatic carbocycles. The first-order valence-electron chi connectivity index (χ1n) is 5.40. The van der Waals surface area contributed by atoms with Gasteiger partial charge in [0.15, 0.2) is 0 Å². The number of phenolic OH excluding ortho intramolecular Hbond substituents is 1. The SMILES string of the molecule is Cc1ccc(NC(=O)c2c[nH]c(=O)[nH]c2=O)c(O)c1. The highest BCUT2D eigenvalue weighted by Gasteiger charge is 2.12. The summed E-state index contributed by atoms with van der Waals surface area (Å²) in [6.45, 7) is 1.79. The molecule has 0 saturated carbocycles. The number of aryl methyl sites for hydroxylation is 1. The van der Waals surface area contributed by atoms with E-state index in [1.807, 2.05) is 4.98 Å². The molecule has 0 spiro atoms. The number of anilines is 1. The lowest BCUT2D eigenvalue weighted by atomic mass is 10.2. The Morgan fingerprint density at radius 3 is 2.68 bits per heavy atom. The zero-order valence-electron chi connectivity index (χ0n) is 9.98. The highest BCUT2D eigenvalue weighted by Crippen LogP contribution is 2.23. The Hall–Kier alpha value is -2.83. The van der Waals surface area contributed by atoms with Gasteiger partial charge < -0.3 is 15.4 Å². The molecule has 2 aromatic rings. The average Bonchev–Trinajstić information content (AvgIpc) is 2.32. The molecule has 0 bridgehead atoms. The molecule has 1 amide bonds. The van der Waals surface area contributed by atoms with E-state index < -0.39 is 17.2 Å². The topological polar surface area (TPSA) is 115 Å². The summed E-state index contributed by atoms with van der Waals surface area (Å²) in [5, 5.41) is 12.0.